The van der Waals surface area contributed by atoms with Crippen molar-refractivity contribution in [2.45, 2.75) is 11.3 Å². The molecular formula is C20H21N3O3S. The van der Waals surface area contributed by atoms with Gasteiger partial charge in [-0.2, -0.15) is 4.31 Å². The fraction of sp³-hybridized carbons (Fsp3) is 0.250. The molecule has 4 rings (SSSR count). The van der Waals surface area contributed by atoms with E-state index in [1.54, 1.807) is 32.3 Å². The summed E-state index contributed by atoms with van der Waals surface area (Å²) in [5, 5.41) is 0. The van der Waals surface area contributed by atoms with E-state index in [9.17, 15) is 13.2 Å². The van der Waals surface area contributed by atoms with Crippen LogP contribution in [0.15, 0.2) is 64.3 Å². The second-order valence-electron chi connectivity index (χ2n) is 6.76. The van der Waals surface area contributed by atoms with Crippen LogP contribution in [0.5, 0.6) is 0 Å². The standard InChI is InChI=1S/C20H21N3O3S/c1-21-18-9-8-17(14-19(18)22(2)20(21)24)27(25,26)23-12-10-16(11-13-23)15-6-4-3-5-7-15/h3-10,14H,11-13H2,1-2H3. The molecule has 0 atom stereocenters. The smallest absolute Gasteiger partial charge is 0.295 e. The first kappa shape index (κ1) is 17.8. The molecule has 0 saturated heterocycles. The van der Waals surface area contributed by atoms with Crippen LogP contribution in [-0.4, -0.2) is 34.9 Å². The van der Waals surface area contributed by atoms with Crippen molar-refractivity contribution in [3.05, 3.63) is 70.7 Å². The number of aryl methyl sites for hydroxylation is 2. The van der Waals surface area contributed by atoms with E-state index in [1.165, 1.54) is 19.0 Å². The summed E-state index contributed by atoms with van der Waals surface area (Å²) < 4.78 is 30.6. The van der Waals surface area contributed by atoms with Crippen molar-refractivity contribution < 1.29 is 8.42 Å². The van der Waals surface area contributed by atoms with Gasteiger partial charge in [0, 0.05) is 27.2 Å². The Morgan fingerprint density at radius 2 is 1.63 bits per heavy atom. The first-order valence-corrected chi connectivity index (χ1v) is 10.2. The molecule has 1 aliphatic heterocycles. The highest BCUT2D eigenvalue weighted by atomic mass is 32.2. The number of hydrogen-bond acceptors (Lipinski definition) is 3. The number of aromatic nitrogens is 2. The highest BCUT2D eigenvalue weighted by molar-refractivity contribution is 7.89. The normalized spacial score (nSPS) is 15.9. The zero-order chi connectivity index (χ0) is 19.2. The average Bonchev–Trinajstić information content (AvgIpc) is 2.92. The molecule has 0 bridgehead atoms. The summed E-state index contributed by atoms with van der Waals surface area (Å²) in [4.78, 5) is 12.3. The monoisotopic (exact) mass is 383 g/mol. The topological polar surface area (TPSA) is 64.3 Å². The van der Waals surface area contributed by atoms with Gasteiger partial charge < -0.3 is 0 Å². The van der Waals surface area contributed by atoms with Gasteiger partial charge in [0.1, 0.15) is 0 Å². The summed E-state index contributed by atoms with van der Waals surface area (Å²) in [5.74, 6) is 0. The van der Waals surface area contributed by atoms with Gasteiger partial charge in [0.05, 0.1) is 15.9 Å². The van der Waals surface area contributed by atoms with Crippen LogP contribution >= 0.6 is 0 Å². The third kappa shape index (κ3) is 2.93. The Bertz CT molecular complexity index is 1200. The summed E-state index contributed by atoms with van der Waals surface area (Å²) in [6.45, 7) is 0.785. The maximum absolute atomic E-state index is 13.1. The average molecular weight is 383 g/mol. The molecule has 27 heavy (non-hydrogen) atoms. The van der Waals surface area contributed by atoms with Gasteiger partial charge in [-0.3, -0.25) is 9.13 Å². The van der Waals surface area contributed by atoms with Crippen LogP contribution < -0.4 is 5.69 Å². The highest BCUT2D eigenvalue weighted by Gasteiger charge is 2.27. The Balaban J connectivity index is 1.66. The van der Waals surface area contributed by atoms with Crippen molar-refractivity contribution in [3.8, 4) is 0 Å². The van der Waals surface area contributed by atoms with Crippen LogP contribution in [0.4, 0.5) is 0 Å². The summed E-state index contributed by atoms with van der Waals surface area (Å²) >= 11 is 0. The number of rotatable bonds is 3. The van der Waals surface area contributed by atoms with Crippen LogP contribution in [0, 0.1) is 0 Å². The lowest BCUT2D eigenvalue weighted by Gasteiger charge is -2.26. The third-order valence-corrected chi connectivity index (χ3v) is 7.06. The minimum atomic E-state index is -3.62. The molecule has 0 saturated carbocycles. The molecule has 2 aromatic carbocycles. The zero-order valence-corrected chi connectivity index (χ0v) is 16.1. The molecule has 0 spiro atoms. The van der Waals surface area contributed by atoms with Crippen LogP contribution in [-0.2, 0) is 24.1 Å². The quantitative estimate of drug-likeness (QED) is 0.697. The van der Waals surface area contributed by atoms with Crippen LogP contribution in [0.25, 0.3) is 16.6 Å². The number of sulfonamides is 1. The fourth-order valence-electron chi connectivity index (χ4n) is 3.58. The number of imidazole rings is 1. The minimum absolute atomic E-state index is 0.173. The number of hydrogen-bond donors (Lipinski definition) is 0. The lowest BCUT2D eigenvalue weighted by molar-refractivity contribution is 0.441. The fourth-order valence-corrected chi connectivity index (χ4v) is 4.98. The van der Waals surface area contributed by atoms with Gasteiger partial charge in [0.15, 0.2) is 0 Å². The lowest BCUT2D eigenvalue weighted by Crippen LogP contribution is -2.34. The van der Waals surface area contributed by atoms with Crippen molar-refractivity contribution >= 4 is 26.6 Å². The lowest BCUT2D eigenvalue weighted by atomic mass is 10.0. The van der Waals surface area contributed by atoms with E-state index < -0.39 is 10.0 Å². The van der Waals surface area contributed by atoms with E-state index in [2.05, 4.69) is 0 Å². The van der Waals surface area contributed by atoms with Crippen molar-refractivity contribution in [2.75, 3.05) is 13.1 Å². The second kappa shape index (κ2) is 6.51. The van der Waals surface area contributed by atoms with E-state index in [1.807, 2.05) is 36.4 Å². The molecule has 0 N–H and O–H groups in total. The van der Waals surface area contributed by atoms with Crippen molar-refractivity contribution in [1.82, 2.24) is 13.4 Å². The molecule has 2 heterocycles. The van der Waals surface area contributed by atoms with Gasteiger partial charge >= 0.3 is 5.69 Å². The summed E-state index contributed by atoms with van der Waals surface area (Å²) in [5.41, 5.74) is 3.46. The maximum Gasteiger partial charge on any atom is 0.328 e. The van der Waals surface area contributed by atoms with E-state index >= 15 is 0 Å². The Morgan fingerprint density at radius 1 is 0.926 bits per heavy atom. The van der Waals surface area contributed by atoms with Gasteiger partial charge in [-0.15, -0.1) is 0 Å². The number of nitrogens with zero attached hydrogens (tertiary/aromatic N) is 3. The molecule has 1 aliphatic rings. The minimum Gasteiger partial charge on any atom is -0.295 e. The molecular weight excluding hydrogens is 362 g/mol. The number of benzene rings is 2. The molecule has 140 valence electrons. The van der Waals surface area contributed by atoms with E-state index in [4.69, 9.17) is 0 Å². The zero-order valence-electron chi connectivity index (χ0n) is 15.3. The van der Waals surface area contributed by atoms with Crippen molar-refractivity contribution in [1.29, 1.82) is 0 Å². The Kier molecular flexibility index (Phi) is 4.28. The first-order valence-electron chi connectivity index (χ1n) is 8.79. The molecule has 3 aromatic rings. The Hall–Kier alpha value is -2.64. The second-order valence-corrected chi connectivity index (χ2v) is 8.70. The van der Waals surface area contributed by atoms with Crippen LogP contribution in [0.1, 0.15) is 12.0 Å². The van der Waals surface area contributed by atoms with E-state index in [0.717, 1.165) is 5.56 Å². The van der Waals surface area contributed by atoms with Gasteiger partial charge in [0.25, 0.3) is 0 Å². The Morgan fingerprint density at radius 3 is 2.30 bits per heavy atom. The van der Waals surface area contributed by atoms with Crippen molar-refractivity contribution in [2.24, 2.45) is 14.1 Å². The van der Waals surface area contributed by atoms with E-state index in [0.29, 0.717) is 30.5 Å². The van der Waals surface area contributed by atoms with Crippen LogP contribution in [0.3, 0.4) is 0 Å². The van der Waals surface area contributed by atoms with Gasteiger partial charge in [-0.25, -0.2) is 13.2 Å². The molecule has 0 amide bonds. The molecule has 1 aromatic heterocycles. The first-order chi connectivity index (χ1) is 12.9. The predicted molar refractivity (Wildman–Crippen MR) is 106 cm³/mol. The largest absolute Gasteiger partial charge is 0.328 e. The SMILES string of the molecule is Cn1c(=O)n(C)c2cc(S(=O)(=O)N3CC=C(c4ccccc4)CC3)ccc21. The summed E-state index contributed by atoms with van der Waals surface area (Å²) in [6.07, 6.45) is 2.66. The molecule has 0 fully saturated rings. The highest BCUT2D eigenvalue weighted by Crippen LogP contribution is 2.27. The molecule has 0 aliphatic carbocycles. The summed E-state index contributed by atoms with van der Waals surface area (Å²) in [6, 6.07) is 14.9. The maximum atomic E-state index is 13.1. The molecule has 7 heteroatoms. The van der Waals surface area contributed by atoms with Gasteiger partial charge in [0.2, 0.25) is 10.0 Å². The molecule has 0 unspecified atom stereocenters. The van der Waals surface area contributed by atoms with Gasteiger partial charge in [-0.1, -0.05) is 36.4 Å². The van der Waals surface area contributed by atoms with Crippen LogP contribution in [0.2, 0.25) is 0 Å². The van der Waals surface area contributed by atoms with Gasteiger partial charge in [-0.05, 0) is 35.8 Å². The molecule has 6 nitrogen and oxygen atoms in total. The Labute approximate surface area is 158 Å². The number of fused-ring (bicyclic) bond motifs is 1. The third-order valence-electron chi connectivity index (χ3n) is 5.20. The van der Waals surface area contributed by atoms with Crippen molar-refractivity contribution in [3.63, 3.8) is 0 Å². The predicted octanol–water partition coefficient (Wildman–Crippen LogP) is 2.35. The molecule has 0 radical (unpaired) electrons. The van der Waals surface area contributed by atoms with E-state index in [-0.39, 0.29) is 10.6 Å². The summed E-state index contributed by atoms with van der Waals surface area (Å²) in [7, 11) is -0.286.